The van der Waals surface area contributed by atoms with Gasteiger partial charge in [-0.1, -0.05) is 17.7 Å². The number of hydrogen-bond donors (Lipinski definition) is 1. The van der Waals surface area contributed by atoms with Gasteiger partial charge in [0.1, 0.15) is 18.3 Å². The van der Waals surface area contributed by atoms with E-state index in [0.29, 0.717) is 0 Å². The largest absolute Gasteiger partial charge is 0.460 e. The van der Waals surface area contributed by atoms with E-state index in [9.17, 15) is 13.2 Å². The number of rotatable bonds is 6. The fourth-order valence-electron chi connectivity index (χ4n) is 2.34. The van der Waals surface area contributed by atoms with E-state index in [1.807, 2.05) is 6.92 Å². The van der Waals surface area contributed by atoms with Crippen LogP contribution in [-0.4, -0.2) is 38.7 Å². The van der Waals surface area contributed by atoms with Gasteiger partial charge in [-0.15, -0.1) is 0 Å². The van der Waals surface area contributed by atoms with Crippen LogP contribution in [0.3, 0.4) is 0 Å². The molecule has 1 fully saturated rings. The van der Waals surface area contributed by atoms with Gasteiger partial charge >= 0.3 is 5.97 Å². The van der Waals surface area contributed by atoms with Crippen molar-refractivity contribution in [3.05, 3.63) is 29.8 Å². The van der Waals surface area contributed by atoms with Gasteiger partial charge in [0, 0.05) is 13.0 Å². The van der Waals surface area contributed by atoms with Gasteiger partial charge in [0.05, 0.1) is 4.90 Å². The molecular weight excluding hydrogens is 306 g/mol. The van der Waals surface area contributed by atoms with Gasteiger partial charge in [0.2, 0.25) is 10.0 Å². The van der Waals surface area contributed by atoms with E-state index in [1.54, 1.807) is 38.1 Å². The predicted molar refractivity (Wildman–Crippen MR) is 80.9 cm³/mol. The molecule has 1 N–H and O–H groups in total. The van der Waals surface area contributed by atoms with Crippen LogP contribution >= 0.6 is 0 Å². The van der Waals surface area contributed by atoms with Gasteiger partial charge in [-0.3, -0.25) is 4.79 Å². The number of benzene rings is 1. The van der Waals surface area contributed by atoms with Crippen LogP contribution in [0.1, 0.15) is 26.3 Å². The number of carbonyl (C=O) groups excluding carboxylic acids is 1. The Bertz CT molecular complexity index is 640. The third-order valence-electron chi connectivity index (χ3n) is 3.54. The second kappa shape index (κ2) is 6.36. The summed E-state index contributed by atoms with van der Waals surface area (Å²) >= 11 is 0. The lowest BCUT2D eigenvalue weighted by molar-refractivity contribution is -0.146. The molecule has 1 aromatic carbocycles. The number of ether oxygens (including phenoxy) is 2. The van der Waals surface area contributed by atoms with E-state index in [0.717, 1.165) is 5.56 Å². The monoisotopic (exact) mass is 327 g/mol. The topological polar surface area (TPSA) is 85.0 Å². The summed E-state index contributed by atoms with van der Waals surface area (Å²) in [7, 11) is -3.59. The zero-order valence-electron chi connectivity index (χ0n) is 13.1. The second-order valence-corrected chi connectivity index (χ2v) is 7.32. The van der Waals surface area contributed by atoms with E-state index in [4.69, 9.17) is 9.47 Å². The minimum absolute atomic E-state index is 0.218. The van der Waals surface area contributed by atoms with Crippen molar-refractivity contribution < 1.29 is 22.7 Å². The van der Waals surface area contributed by atoms with Gasteiger partial charge in [-0.25, -0.2) is 13.1 Å². The number of esters is 1. The standard InChI is InChI=1S/C15H21NO5S/c1-9-5-7-13(8-6-9)22(18,19)16-10(2)14-15(21-14)11(3)20-12(4)17/h5-8,10-11,14-16H,1-4H3/t10-,11-,14+,15+/m0/s1. The molecule has 7 heteroatoms. The first-order chi connectivity index (χ1) is 10.2. The van der Waals surface area contributed by atoms with Crippen molar-refractivity contribution in [2.45, 2.75) is 56.9 Å². The van der Waals surface area contributed by atoms with E-state index in [1.165, 1.54) is 6.92 Å². The number of epoxide rings is 1. The van der Waals surface area contributed by atoms with Gasteiger partial charge in [-0.05, 0) is 32.9 Å². The molecular formula is C15H21NO5S. The maximum absolute atomic E-state index is 12.3. The Morgan fingerprint density at radius 2 is 1.82 bits per heavy atom. The van der Waals surface area contributed by atoms with Crippen LogP contribution in [0.25, 0.3) is 0 Å². The molecule has 0 aliphatic carbocycles. The molecule has 1 aliphatic rings. The fourth-order valence-corrected chi connectivity index (χ4v) is 3.60. The molecule has 0 unspecified atom stereocenters. The van der Waals surface area contributed by atoms with Crippen LogP contribution in [0.4, 0.5) is 0 Å². The first-order valence-corrected chi connectivity index (χ1v) is 8.60. The average molecular weight is 327 g/mol. The summed E-state index contributed by atoms with van der Waals surface area (Å²) in [5, 5.41) is 0. The third-order valence-corrected chi connectivity index (χ3v) is 5.12. The van der Waals surface area contributed by atoms with Gasteiger partial charge < -0.3 is 9.47 Å². The SMILES string of the molecule is CC(=O)O[C@@H](C)[C@H]1O[C@@H]1[C@H](C)NS(=O)(=O)c1ccc(C)cc1. The van der Waals surface area contributed by atoms with Crippen molar-refractivity contribution in [1.82, 2.24) is 4.72 Å². The molecule has 0 saturated carbocycles. The number of nitrogens with one attached hydrogen (secondary N) is 1. The lowest BCUT2D eigenvalue weighted by atomic mass is 10.1. The highest BCUT2D eigenvalue weighted by atomic mass is 32.2. The molecule has 22 heavy (non-hydrogen) atoms. The summed E-state index contributed by atoms with van der Waals surface area (Å²) in [5.41, 5.74) is 0.993. The zero-order valence-corrected chi connectivity index (χ0v) is 13.9. The highest BCUT2D eigenvalue weighted by Crippen LogP contribution is 2.30. The Balaban J connectivity index is 1.96. The van der Waals surface area contributed by atoms with Crippen LogP contribution in [0.5, 0.6) is 0 Å². The van der Waals surface area contributed by atoms with Gasteiger partial charge in [0.25, 0.3) is 0 Å². The Kier molecular flexibility index (Phi) is 4.89. The smallest absolute Gasteiger partial charge is 0.302 e. The van der Waals surface area contributed by atoms with E-state index < -0.39 is 22.2 Å². The number of sulfonamides is 1. The number of aryl methyl sites for hydroxylation is 1. The first-order valence-electron chi connectivity index (χ1n) is 7.12. The predicted octanol–water partition coefficient (Wildman–Crippen LogP) is 1.38. The normalized spacial score (nSPS) is 23.6. The quantitative estimate of drug-likeness (QED) is 0.630. The molecule has 1 aliphatic heterocycles. The van der Waals surface area contributed by atoms with Crippen molar-refractivity contribution in [2.24, 2.45) is 0 Å². The molecule has 0 spiro atoms. The summed E-state index contributed by atoms with van der Waals surface area (Å²) in [4.78, 5) is 11.1. The van der Waals surface area contributed by atoms with Crippen LogP contribution in [-0.2, 0) is 24.3 Å². The van der Waals surface area contributed by atoms with Crippen LogP contribution in [0.15, 0.2) is 29.2 Å². The molecule has 122 valence electrons. The lowest BCUT2D eigenvalue weighted by Gasteiger charge is -2.14. The summed E-state index contributed by atoms with van der Waals surface area (Å²) in [6.45, 7) is 6.69. The first kappa shape index (κ1) is 16.9. The van der Waals surface area contributed by atoms with Crippen molar-refractivity contribution in [2.75, 3.05) is 0 Å². The Morgan fingerprint density at radius 3 is 2.36 bits per heavy atom. The summed E-state index contributed by atoms with van der Waals surface area (Å²) in [6.07, 6.45) is -0.969. The average Bonchev–Trinajstić information content (AvgIpc) is 3.18. The van der Waals surface area contributed by atoms with Crippen molar-refractivity contribution >= 4 is 16.0 Å². The molecule has 4 atom stereocenters. The summed E-state index contributed by atoms with van der Waals surface area (Å²) < 4.78 is 37.7. The molecule has 2 rings (SSSR count). The van der Waals surface area contributed by atoms with Crippen molar-refractivity contribution in [1.29, 1.82) is 0 Å². The fraction of sp³-hybridized carbons (Fsp3) is 0.533. The minimum atomic E-state index is -3.59. The van der Waals surface area contributed by atoms with Crippen molar-refractivity contribution in [3.63, 3.8) is 0 Å². The highest BCUT2D eigenvalue weighted by molar-refractivity contribution is 7.89. The van der Waals surface area contributed by atoms with Crippen LogP contribution < -0.4 is 4.72 Å². The molecule has 1 heterocycles. The van der Waals surface area contributed by atoms with E-state index >= 15 is 0 Å². The number of hydrogen-bond acceptors (Lipinski definition) is 5. The van der Waals surface area contributed by atoms with Crippen LogP contribution in [0.2, 0.25) is 0 Å². The van der Waals surface area contributed by atoms with Gasteiger partial charge in [-0.2, -0.15) is 0 Å². The molecule has 1 saturated heterocycles. The zero-order chi connectivity index (χ0) is 16.5. The minimum Gasteiger partial charge on any atom is -0.460 e. The van der Waals surface area contributed by atoms with Gasteiger partial charge in [0.15, 0.2) is 0 Å². The summed E-state index contributed by atoms with van der Waals surface area (Å²) in [5.74, 6) is -0.380. The van der Waals surface area contributed by atoms with Crippen LogP contribution in [0, 0.1) is 6.92 Å². The summed E-state index contributed by atoms with van der Waals surface area (Å²) in [6, 6.07) is 6.22. The Morgan fingerprint density at radius 1 is 1.23 bits per heavy atom. The molecule has 1 aromatic rings. The number of carbonyl (C=O) groups is 1. The third kappa shape index (κ3) is 4.06. The highest BCUT2D eigenvalue weighted by Gasteiger charge is 2.48. The van der Waals surface area contributed by atoms with E-state index in [2.05, 4.69) is 4.72 Å². The second-order valence-electron chi connectivity index (χ2n) is 5.60. The Hall–Kier alpha value is -1.44. The lowest BCUT2D eigenvalue weighted by Crippen LogP contribution is -2.38. The molecule has 6 nitrogen and oxygen atoms in total. The maximum Gasteiger partial charge on any atom is 0.302 e. The maximum atomic E-state index is 12.3. The van der Waals surface area contributed by atoms with E-state index in [-0.39, 0.29) is 23.1 Å². The molecule has 0 aromatic heterocycles. The molecule has 0 amide bonds. The van der Waals surface area contributed by atoms with Crippen molar-refractivity contribution in [3.8, 4) is 0 Å². The molecule has 0 radical (unpaired) electrons. The molecule has 0 bridgehead atoms. The Labute approximate surface area is 130 Å².